The Morgan fingerprint density at radius 3 is 1.83 bits per heavy atom. The Morgan fingerprint density at radius 1 is 0.704 bits per heavy atom. The number of nitrogens with zero attached hydrogens (tertiary/aromatic N) is 6. The standard InChI is InChI=1S/C50H54FN13O17/c1-26(65)52-19-29-24-63(50(79)81-29)28-11-12-36(33(51)17-28)61-13-15-62(16-14-61)41(70)25-80-64-23-27(59-60-64)18-54-48(77)35(58-47(76)32-7-4-10-39(68)44(32)73)21-55-49(78)34(57-46(75)31-6-3-9-38(67)43(31)72)20-53-40(69)22-56-45(74)30-5-2-8-37(66)42(30)71/h2-12,17,23,29,34-35,66-68,71-73H,13-16,18-22,24-25H2,1H3,(H,52,65)(H,53,69)(H,54,77)(H,55,78)(H,56,74)(H,57,75)(H,58,76). The van der Waals surface area contributed by atoms with Gasteiger partial charge in [-0.05, 0) is 59.8 Å². The number of amides is 9. The lowest BCUT2D eigenvalue weighted by Gasteiger charge is -2.36. The second kappa shape index (κ2) is 26.2. The van der Waals surface area contributed by atoms with Crippen LogP contribution in [0.15, 0.2) is 79.0 Å². The van der Waals surface area contributed by atoms with Crippen molar-refractivity contribution in [2.75, 3.05) is 75.3 Å². The van der Waals surface area contributed by atoms with E-state index < -0.39 is 150 Å². The van der Waals surface area contributed by atoms with Crippen molar-refractivity contribution in [3.8, 4) is 34.5 Å². The molecule has 31 heteroatoms. The molecule has 0 bridgehead atoms. The Labute approximate surface area is 457 Å². The average molecular weight is 1130 g/mol. The van der Waals surface area contributed by atoms with Crippen molar-refractivity contribution in [3.05, 3.63) is 107 Å². The number of phenols is 6. The number of phenolic OH excluding ortho intramolecular Hbond substituents is 6. The molecule has 3 atom stereocenters. The number of rotatable bonds is 22. The smallest absolute Gasteiger partial charge is 0.414 e. The third-order valence-electron chi connectivity index (χ3n) is 12.4. The molecular formula is C50H54FN13O17. The highest BCUT2D eigenvalue weighted by molar-refractivity contribution is 6.02. The van der Waals surface area contributed by atoms with Crippen LogP contribution in [0, 0.1) is 5.82 Å². The quantitative estimate of drug-likeness (QED) is 0.0326. The molecule has 0 aliphatic carbocycles. The first-order valence-corrected chi connectivity index (χ1v) is 24.5. The summed E-state index contributed by atoms with van der Waals surface area (Å²) in [7, 11) is 0. The number of aromatic nitrogens is 3. The first-order valence-electron chi connectivity index (χ1n) is 24.5. The van der Waals surface area contributed by atoms with Gasteiger partial charge in [0.2, 0.25) is 23.6 Å². The van der Waals surface area contributed by atoms with E-state index in [0.29, 0.717) is 0 Å². The normalized spacial score (nSPS) is 14.6. The summed E-state index contributed by atoms with van der Waals surface area (Å²) in [4.78, 5) is 127. The van der Waals surface area contributed by atoms with Gasteiger partial charge in [0, 0.05) is 46.2 Å². The van der Waals surface area contributed by atoms with Gasteiger partial charge in [-0.1, -0.05) is 23.0 Å². The topological polar surface area (TPSA) is 418 Å². The molecule has 3 heterocycles. The second-order valence-electron chi connectivity index (χ2n) is 18.0. The van der Waals surface area contributed by atoms with E-state index in [-0.39, 0.29) is 67.8 Å². The lowest BCUT2D eigenvalue weighted by atomic mass is 10.1. The van der Waals surface area contributed by atoms with Crippen LogP contribution in [0.1, 0.15) is 43.7 Å². The first-order chi connectivity index (χ1) is 38.7. The maximum atomic E-state index is 15.4. The van der Waals surface area contributed by atoms with Crippen LogP contribution in [0.4, 0.5) is 20.6 Å². The van der Waals surface area contributed by atoms with Gasteiger partial charge < -0.3 is 87.2 Å². The molecule has 0 saturated carbocycles. The molecule has 2 aliphatic rings. The van der Waals surface area contributed by atoms with E-state index in [9.17, 15) is 73.8 Å². The number of para-hydroxylation sites is 3. The van der Waals surface area contributed by atoms with Crippen molar-refractivity contribution in [2.24, 2.45) is 0 Å². The Balaban J connectivity index is 0.939. The fourth-order valence-electron chi connectivity index (χ4n) is 8.05. The van der Waals surface area contributed by atoms with Gasteiger partial charge in [0.1, 0.15) is 29.7 Å². The first kappa shape index (κ1) is 58.1. The number of carbonyl (C=O) groups is 9. The molecule has 81 heavy (non-hydrogen) atoms. The third-order valence-corrected chi connectivity index (χ3v) is 12.4. The number of hydrogen-bond acceptors (Lipinski definition) is 20. The molecule has 0 spiro atoms. The molecular weight excluding hydrogens is 1070 g/mol. The molecule has 13 N–H and O–H groups in total. The highest BCUT2D eigenvalue weighted by atomic mass is 19.1. The van der Waals surface area contributed by atoms with E-state index in [0.717, 1.165) is 35.2 Å². The Morgan fingerprint density at radius 2 is 1.26 bits per heavy atom. The molecule has 0 radical (unpaired) electrons. The number of nitrogens with one attached hydrogen (secondary N) is 7. The zero-order chi connectivity index (χ0) is 58.5. The van der Waals surface area contributed by atoms with Crippen molar-refractivity contribution >= 4 is 64.7 Å². The molecule has 3 unspecified atom stereocenters. The number of carbonyl (C=O) groups excluding carboxylic acids is 9. The van der Waals surface area contributed by atoms with Crippen LogP contribution in [0.3, 0.4) is 0 Å². The minimum atomic E-state index is -1.74. The molecule has 1 aromatic heterocycles. The van der Waals surface area contributed by atoms with E-state index in [4.69, 9.17) is 9.57 Å². The van der Waals surface area contributed by atoms with Crippen molar-refractivity contribution < 1.29 is 87.8 Å². The Hall–Kier alpha value is -10.6. The largest absolute Gasteiger partial charge is 0.504 e. The Kier molecular flexibility index (Phi) is 18.7. The van der Waals surface area contributed by atoms with Crippen LogP contribution >= 0.6 is 0 Å². The molecule has 7 rings (SSSR count). The second-order valence-corrected chi connectivity index (χ2v) is 18.0. The molecule has 9 amide bonds. The van der Waals surface area contributed by atoms with E-state index in [2.05, 4.69) is 47.5 Å². The summed E-state index contributed by atoms with van der Waals surface area (Å²) in [5, 5.41) is 84.8. The summed E-state index contributed by atoms with van der Waals surface area (Å²) >= 11 is 0. The van der Waals surface area contributed by atoms with Gasteiger partial charge in [-0.2, -0.15) is 0 Å². The number of aromatic hydroxyl groups is 6. The number of cyclic esters (lactones) is 1. The summed E-state index contributed by atoms with van der Waals surface area (Å²) in [6, 6.07) is 11.2. The number of ether oxygens (including phenoxy) is 1. The van der Waals surface area contributed by atoms with Crippen LogP contribution in [-0.4, -0.2) is 188 Å². The van der Waals surface area contributed by atoms with Gasteiger partial charge in [0.05, 0.1) is 60.4 Å². The van der Waals surface area contributed by atoms with Crippen LogP contribution < -0.4 is 51.9 Å². The summed E-state index contributed by atoms with van der Waals surface area (Å²) < 4.78 is 20.7. The zero-order valence-corrected chi connectivity index (χ0v) is 42.8. The zero-order valence-electron chi connectivity index (χ0n) is 42.8. The molecule has 2 saturated heterocycles. The van der Waals surface area contributed by atoms with E-state index >= 15 is 4.39 Å². The predicted molar refractivity (Wildman–Crippen MR) is 275 cm³/mol. The molecule has 2 aliphatic heterocycles. The van der Waals surface area contributed by atoms with Crippen molar-refractivity contribution in [1.29, 1.82) is 0 Å². The minimum absolute atomic E-state index is 0.0623. The van der Waals surface area contributed by atoms with Crippen molar-refractivity contribution in [3.63, 3.8) is 0 Å². The molecule has 4 aromatic carbocycles. The maximum Gasteiger partial charge on any atom is 0.414 e. The number of benzene rings is 4. The molecule has 5 aromatic rings. The highest BCUT2D eigenvalue weighted by Crippen LogP contribution is 2.31. The Bertz CT molecular complexity index is 3230. The summed E-state index contributed by atoms with van der Waals surface area (Å²) in [5.41, 5.74) is -0.765. The lowest BCUT2D eigenvalue weighted by molar-refractivity contribution is -0.137. The van der Waals surface area contributed by atoms with Crippen LogP contribution in [0.2, 0.25) is 0 Å². The molecule has 2 fully saturated rings. The summed E-state index contributed by atoms with van der Waals surface area (Å²) in [5.74, 6) is -12.0. The molecule has 30 nitrogen and oxygen atoms in total. The van der Waals surface area contributed by atoms with Crippen molar-refractivity contribution in [1.82, 2.24) is 57.3 Å². The number of hydrogen-bond donors (Lipinski definition) is 13. The van der Waals surface area contributed by atoms with E-state index in [1.165, 1.54) is 59.3 Å². The number of anilines is 2. The minimum Gasteiger partial charge on any atom is -0.504 e. The SMILES string of the molecule is CC(=O)NCC1CN(c2ccc(N3CCN(C(=O)COn4cc(CNC(=O)C(CNC(=O)C(CNC(=O)CNC(=O)c5cccc(O)c5O)NC(=O)c5cccc(O)c5O)NC(=O)c5cccc(O)c5O)nn4)CC3)c(F)c2)C(=O)O1. The maximum absolute atomic E-state index is 15.4. The van der Waals surface area contributed by atoms with Gasteiger partial charge >= 0.3 is 6.09 Å². The monoisotopic (exact) mass is 1130 g/mol. The van der Waals surface area contributed by atoms with Crippen molar-refractivity contribution in [2.45, 2.75) is 31.7 Å². The average Bonchev–Trinajstić information content (AvgIpc) is 4.08. The molecule has 428 valence electrons. The number of halogens is 1. The van der Waals surface area contributed by atoms with Gasteiger partial charge in [0.25, 0.3) is 23.6 Å². The summed E-state index contributed by atoms with van der Waals surface area (Å²) in [6.07, 6.45) is -0.0650. The van der Waals surface area contributed by atoms with Gasteiger partial charge in [-0.3, -0.25) is 43.3 Å². The van der Waals surface area contributed by atoms with E-state index in [1.807, 2.05) is 0 Å². The predicted octanol–water partition coefficient (Wildman–Crippen LogP) is -2.23. The number of piperazine rings is 1. The van der Waals surface area contributed by atoms with Gasteiger partial charge in [-0.15, -0.1) is 5.10 Å². The summed E-state index contributed by atoms with van der Waals surface area (Å²) in [6.45, 7) is -0.681. The van der Waals surface area contributed by atoms with E-state index in [1.54, 1.807) is 11.0 Å². The van der Waals surface area contributed by atoms with Gasteiger partial charge in [-0.25, -0.2) is 9.18 Å². The highest BCUT2D eigenvalue weighted by Gasteiger charge is 2.34. The van der Waals surface area contributed by atoms with Crippen LogP contribution in [-0.2, 0) is 35.3 Å². The lowest BCUT2D eigenvalue weighted by Crippen LogP contribution is -2.57. The fraction of sp³-hybridized carbons (Fsp3) is 0.300. The van der Waals surface area contributed by atoms with Crippen LogP contribution in [0.25, 0.3) is 0 Å². The third kappa shape index (κ3) is 14.9. The fourth-order valence-corrected chi connectivity index (χ4v) is 8.05. The van der Waals surface area contributed by atoms with Gasteiger partial charge in [0.15, 0.2) is 41.1 Å². The van der Waals surface area contributed by atoms with Crippen LogP contribution in [0.5, 0.6) is 34.5 Å².